The number of aryl methyl sites for hydroxylation is 2. The van der Waals surface area contributed by atoms with E-state index in [1.807, 2.05) is 55.5 Å². The average molecular weight is 445 g/mol. The topological polar surface area (TPSA) is 51.2 Å². The molecule has 0 saturated carbocycles. The number of amides is 1. The molecule has 27 heavy (non-hydrogen) atoms. The van der Waals surface area contributed by atoms with Crippen LogP contribution < -0.4 is 10.1 Å². The van der Waals surface area contributed by atoms with Gasteiger partial charge in [0.2, 0.25) is 0 Å². The number of ether oxygens (including phenoxy) is 1. The maximum Gasteiger partial charge on any atom is 0.264 e. The summed E-state index contributed by atoms with van der Waals surface area (Å²) in [5.41, 5.74) is 3.18. The molecule has 0 aliphatic heterocycles. The van der Waals surface area contributed by atoms with Gasteiger partial charge in [0.05, 0.1) is 10.2 Å². The second kappa shape index (κ2) is 9.15. The number of hydrogen-bond donors (Lipinski definition) is 1. The zero-order chi connectivity index (χ0) is 19.2. The van der Waals surface area contributed by atoms with Crippen LogP contribution in [0, 0.1) is 6.92 Å². The quantitative estimate of drug-likeness (QED) is 0.496. The minimum atomic E-state index is -0.229. The minimum absolute atomic E-state index is 0.0645. The highest BCUT2D eigenvalue weighted by atomic mass is 79.9. The van der Waals surface area contributed by atoms with E-state index in [1.54, 1.807) is 0 Å². The van der Waals surface area contributed by atoms with Crippen LogP contribution in [-0.4, -0.2) is 17.5 Å². The molecular weight excluding hydrogens is 424 g/mol. The third-order valence-electron chi connectivity index (χ3n) is 3.98. The third kappa shape index (κ3) is 5.17. The van der Waals surface area contributed by atoms with Crippen LogP contribution in [0.2, 0.25) is 0 Å². The van der Waals surface area contributed by atoms with E-state index >= 15 is 0 Å². The molecular formula is C21H21BrN2O2S. The molecule has 0 saturated heterocycles. The standard InChI is InChI=1S/C21H21BrN2O2S/c1-3-7-15-10-11-18(17(22)12-15)26-13-19(25)23-21-24-20(14(2)27-21)16-8-5-4-6-9-16/h4-6,8-12H,3,7,13H2,1-2H3,(H,23,24,25). The Bertz CT molecular complexity index is 925. The first-order valence-corrected chi connectivity index (χ1v) is 10.4. The maximum absolute atomic E-state index is 12.2. The summed E-state index contributed by atoms with van der Waals surface area (Å²) >= 11 is 4.97. The fraction of sp³-hybridized carbons (Fsp3) is 0.238. The first kappa shape index (κ1) is 19.6. The van der Waals surface area contributed by atoms with Gasteiger partial charge in [-0.1, -0.05) is 49.7 Å². The Balaban J connectivity index is 1.60. The van der Waals surface area contributed by atoms with Crippen LogP contribution in [0.3, 0.4) is 0 Å². The summed E-state index contributed by atoms with van der Waals surface area (Å²) in [5.74, 6) is 0.429. The highest BCUT2D eigenvalue weighted by molar-refractivity contribution is 9.10. The van der Waals surface area contributed by atoms with Crippen LogP contribution in [0.25, 0.3) is 11.3 Å². The molecule has 0 unspecified atom stereocenters. The van der Waals surface area contributed by atoms with E-state index in [9.17, 15) is 4.79 Å². The molecule has 4 nitrogen and oxygen atoms in total. The number of thiazole rings is 1. The van der Waals surface area contributed by atoms with Crippen molar-refractivity contribution < 1.29 is 9.53 Å². The third-order valence-corrected chi connectivity index (χ3v) is 5.49. The minimum Gasteiger partial charge on any atom is -0.483 e. The number of nitrogens with zero attached hydrogens (tertiary/aromatic N) is 1. The Morgan fingerprint density at radius 2 is 2.00 bits per heavy atom. The second-order valence-electron chi connectivity index (χ2n) is 6.14. The van der Waals surface area contributed by atoms with E-state index in [0.29, 0.717) is 10.9 Å². The lowest BCUT2D eigenvalue weighted by Crippen LogP contribution is -2.20. The van der Waals surface area contributed by atoms with Crippen LogP contribution in [0.1, 0.15) is 23.8 Å². The van der Waals surface area contributed by atoms with E-state index in [0.717, 1.165) is 33.4 Å². The van der Waals surface area contributed by atoms with Gasteiger partial charge >= 0.3 is 0 Å². The van der Waals surface area contributed by atoms with E-state index in [1.165, 1.54) is 16.9 Å². The van der Waals surface area contributed by atoms with Crippen molar-refractivity contribution in [1.82, 2.24) is 4.98 Å². The van der Waals surface area contributed by atoms with Crippen molar-refractivity contribution in [2.75, 3.05) is 11.9 Å². The van der Waals surface area contributed by atoms with Gasteiger partial charge in [0.25, 0.3) is 5.91 Å². The average Bonchev–Trinajstić information content (AvgIpc) is 3.02. The van der Waals surface area contributed by atoms with Crippen molar-refractivity contribution in [3.63, 3.8) is 0 Å². The smallest absolute Gasteiger partial charge is 0.264 e. The zero-order valence-corrected chi connectivity index (χ0v) is 17.7. The highest BCUT2D eigenvalue weighted by Gasteiger charge is 2.13. The molecule has 0 radical (unpaired) electrons. The molecule has 1 N–H and O–H groups in total. The van der Waals surface area contributed by atoms with Crippen LogP contribution in [0.4, 0.5) is 5.13 Å². The molecule has 3 aromatic rings. The predicted molar refractivity (Wildman–Crippen MR) is 115 cm³/mol. The fourth-order valence-corrected chi connectivity index (χ4v) is 4.11. The Morgan fingerprint density at radius 1 is 1.22 bits per heavy atom. The van der Waals surface area contributed by atoms with E-state index < -0.39 is 0 Å². The SMILES string of the molecule is CCCc1ccc(OCC(=O)Nc2nc(-c3ccccc3)c(C)s2)c(Br)c1. The number of carbonyl (C=O) groups excluding carboxylic acids is 1. The summed E-state index contributed by atoms with van der Waals surface area (Å²) in [6.07, 6.45) is 2.11. The monoisotopic (exact) mass is 444 g/mol. The lowest BCUT2D eigenvalue weighted by molar-refractivity contribution is -0.118. The van der Waals surface area contributed by atoms with Crippen molar-refractivity contribution in [2.45, 2.75) is 26.7 Å². The first-order chi connectivity index (χ1) is 13.1. The second-order valence-corrected chi connectivity index (χ2v) is 8.20. The molecule has 1 heterocycles. The predicted octanol–water partition coefficient (Wildman–Crippen LogP) is 5.85. The van der Waals surface area contributed by atoms with Crippen molar-refractivity contribution >= 4 is 38.3 Å². The number of nitrogens with one attached hydrogen (secondary N) is 1. The zero-order valence-electron chi connectivity index (χ0n) is 15.3. The van der Waals surface area contributed by atoms with Gasteiger partial charge in [-0.25, -0.2) is 4.98 Å². The van der Waals surface area contributed by atoms with Gasteiger partial charge in [-0.2, -0.15) is 0 Å². The molecule has 0 aliphatic carbocycles. The van der Waals surface area contributed by atoms with Gasteiger partial charge < -0.3 is 4.74 Å². The highest BCUT2D eigenvalue weighted by Crippen LogP contribution is 2.30. The molecule has 0 fully saturated rings. The molecule has 1 amide bonds. The Kier molecular flexibility index (Phi) is 6.63. The summed E-state index contributed by atoms with van der Waals surface area (Å²) < 4.78 is 6.50. The first-order valence-electron chi connectivity index (χ1n) is 8.80. The summed E-state index contributed by atoms with van der Waals surface area (Å²) in [6.45, 7) is 4.08. The van der Waals surface area contributed by atoms with Crippen LogP contribution >= 0.6 is 27.3 Å². The number of anilines is 1. The van der Waals surface area contributed by atoms with Gasteiger partial charge in [-0.3, -0.25) is 10.1 Å². The van der Waals surface area contributed by atoms with E-state index in [4.69, 9.17) is 4.74 Å². The molecule has 1 aromatic heterocycles. The molecule has 140 valence electrons. The molecule has 0 spiro atoms. The lowest BCUT2D eigenvalue weighted by Gasteiger charge is -2.09. The van der Waals surface area contributed by atoms with Gasteiger partial charge in [-0.05, 0) is 47.0 Å². The van der Waals surface area contributed by atoms with Crippen LogP contribution in [-0.2, 0) is 11.2 Å². The number of hydrogen-bond acceptors (Lipinski definition) is 4. The maximum atomic E-state index is 12.2. The Hall–Kier alpha value is -2.18. The van der Waals surface area contributed by atoms with E-state index in [2.05, 4.69) is 33.2 Å². The van der Waals surface area contributed by atoms with Crippen molar-refractivity contribution in [1.29, 1.82) is 0 Å². The van der Waals surface area contributed by atoms with E-state index in [-0.39, 0.29) is 12.5 Å². The Labute approximate surface area is 171 Å². The molecule has 0 aliphatic rings. The molecule has 0 bridgehead atoms. The normalized spacial score (nSPS) is 10.6. The van der Waals surface area contributed by atoms with Crippen LogP contribution in [0.15, 0.2) is 53.0 Å². The summed E-state index contributed by atoms with van der Waals surface area (Å²) in [4.78, 5) is 17.8. The number of benzene rings is 2. The van der Waals surface area contributed by atoms with Gasteiger partial charge in [0.1, 0.15) is 5.75 Å². The largest absolute Gasteiger partial charge is 0.483 e. The summed E-state index contributed by atoms with van der Waals surface area (Å²) in [5, 5.41) is 3.40. The van der Waals surface area contributed by atoms with Crippen molar-refractivity contribution in [2.24, 2.45) is 0 Å². The lowest BCUT2D eigenvalue weighted by atomic mass is 10.1. The Morgan fingerprint density at radius 3 is 2.70 bits per heavy atom. The van der Waals surface area contributed by atoms with Gasteiger partial charge in [0.15, 0.2) is 11.7 Å². The van der Waals surface area contributed by atoms with Crippen molar-refractivity contribution in [3.8, 4) is 17.0 Å². The number of halogens is 1. The van der Waals surface area contributed by atoms with Gasteiger partial charge in [-0.15, -0.1) is 11.3 Å². The number of aromatic nitrogens is 1. The summed E-state index contributed by atoms with van der Waals surface area (Å²) in [7, 11) is 0. The molecule has 6 heteroatoms. The summed E-state index contributed by atoms with van der Waals surface area (Å²) in [6, 6.07) is 15.9. The van der Waals surface area contributed by atoms with Crippen molar-refractivity contribution in [3.05, 3.63) is 63.4 Å². The van der Waals surface area contributed by atoms with Gasteiger partial charge in [0, 0.05) is 10.4 Å². The molecule has 3 rings (SSSR count). The molecule has 2 aromatic carbocycles. The van der Waals surface area contributed by atoms with Crippen LogP contribution in [0.5, 0.6) is 5.75 Å². The fourth-order valence-electron chi connectivity index (χ4n) is 2.72. The number of rotatable bonds is 7. The molecule has 0 atom stereocenters. The number of carbonyl (C=O) groups is 1.